The minimum atomic E-state index is -1.01. The summed E-state index contributed by atoms with van der Waals surface area (Å²) in [4.78, 5) is 66.5. The van der Waals surface area contributed by atoms with E-state index in [1.807, 2.05) is 39.5 Å². The molecule has 1 aliphatic heterocycles. The third-order valence-corrected chi connectivity index (χ3v) is 7.76. The summed E-state index contributed by atoms with van der Waals surface area (Å²) in [5.74, 6) is -3.10. The second-order valence-electron chi connectivity index (χ2n) is 12.2. The first kappa shape index (κ1) is 38.4. The summed E-state index contributed by atoms with van der Waals surface area (Å²) < 4.78 is 6.00. The van der Waals surface area contributed by atoms with Gasteiger partial charge in [0.15, 0.2) is 0 Å². The van der Waals surface area contributed by atoms with Gasteiger partial charge in [0, 0.05) is 77.3 Å². The minimum absolute atomic E-state index is 0.0416. The molecule has 1 amide bonds. The maximum atomic E-state index is 13.3. The summed E-state index contributed by atoms with van der Waals surface area (Å²) in [6, 6.07) is 0. The fourth-order valence-corrected chi connectivity index (χ4v) is 4.90. The number of ether oxygens (including phenoxy) is 1. The molecule has 0 aromatic rings. The summed E-state index contributed by atoms with van der Waals surface area (Å²) in [5, 5.41) is 31.2. The van der Waals surface area contributed by atoms with Gasteiger partial charge in [-0.15, -0.1) is 0 Å². The fourth-order valence-electron chi connectivity index (χ4n) is 4.90. The summed E-state index contributed by atoms with van der Waals surface area (Å²) in [7, 11) is 0. The lowest BCUT2D eigenvalue weighted by Crippen LogP contribution is -2.52. The highest BCUT2D eigenvalue weighted by molar-refractivity contribution is 5.79. The molecule has 1 unspecified atom stereocenters. The number of ketones is 1. The Morgan fingerprint density at radius 2 is 1.05 bits per heavy atom. The van der Waals surface area contributed by atoms with Crippen LogP contribution in [0.2, 0.25) is 0 Å². The summed E-state index contributed by atoms with van der Waals surface area (Å²) >= 11 is 0. The number of nitrogens with one attached hydrogen (secondary N) is 1. The molecule has 0 aromatic heterocycles. The first-order chi connectivity index (χ1) is 20.1. The zero-order chi connectivity index (χ0) is 32.6. The number of rotatable bonds is 17. The van der Waals surface area contributed by atoms with E-state index in [0.717, 1.165) is 0 Å². The van der Waals surface area contributed by atoms with Crippen LogP contribution in [-0.2, 0) is 28.7 Å². The third kappa shape index (κ3) is 17.3. The van der Waals surface area contributed by atoms with Crippen LogP contribution in [0.1, 0.15) is 60.3 Å². The van der Waals surface area contributed by atoms with Crippen LogP contribution in [0, 0.1) is 0 Å². The maximum absolute atomic E-state index is 13.3. The number of carbonyl (C=O) groups is 5. The van der Waals surface area contributed by atoms with Crippen molar-refractivity contribution in [3.8, 4) is 0 Å². The summed E-state index contributed by atoms with van der Waals surface area (Å²) in [6.45, 7) is 11.9. The molecule has 0 bridgehead atoms. The van der Waals surface area contributed by atoms with Crippen molar-refractivity contribution in [1.82, 2.24) is 24.9 Å². The number of carbonyl (C=O) groups excluding carboxylic acids is 2. The van der Waals surface area contributed by atoms with Crippen LogP contribution in [0.5, 0.6) is 0 Å². The van der Waals surface area contributed by atoms with Crippen LogP contribution >= 0.6 is 0 Å². The average Bonchev–Trinajstić information content (AvgIpc) is 2.88. The van der Waals surface area contributed by atoms with E-state index in [1.54, 1.807) is 14.7 Å². The van der Waals surface area contributed by atoms with Crippen LogP contribution in [-0.4, -0.2) is 161 Å². The van der Waals surface area contributed by atoms with Crippen molar-refractivity contribution in [2.24, 2.45) is 0 Å². The Balaban J connectivity index is 2.94. The molecule has 1 heterocycles. The van der Waals surface area contributed by atoms with E-state index in [0.29, 0.717) is 84.6 Å². The van der Waals surface area contributed by atoms with Crippen LogP contribution in [0.25, 0.3) is 0 Å². The molecule has 0 spiro atoms. The Kier molecular flexibility index (Phi) is 16.9. The van der Waals surface area contributed by atoms with Crippen LogP contribution in [0.3, 0.4) is 0 Å². The maximum Gasteiger partial charge on any atom is 0.317 e. The van der Waals surface area contributed by atoms with Gasteiger partial charge in [0.1, 0.15) is 5.78 Å². The normalized spacial score (nSPS) is 18.6. The number of Topliss-reactive ketones (excluding diaryl/α,β-unsaturated/α-hetero) is 1. The zero-order valence-corrected chi connectivity index (χ0v) is 26.6. The molecule has 43 heavy (non-hydrogen) atoms. The van der Waals surface area contributed by atoms with E-state index in [-0.39, 0.29) is 37.9 Å². The second kappa shape index (κ2) is 18.9. The van der Waals surface area contributed by atoms with Gasteiger partial charge in [0.05, 0.1) is 31.8 Å². The number of amides is 1. The number of carboxylic acid groups (broad SMARTS) is 3. The van der Waals surface area contributed by atoms with Gasteiger partial charge in [-0.25, -0.2) is 0 Å². The quantitative estimate of drug-likeness (QED) is 0.176. The molecule has 1 saturated heterocycles. The topological polar surface area (TPSA) is 180 Å². The first-order valence-corrected chi connectivity index (χ1v) is 15.1. The van der Waals surface area contributed by atoms with E-state index in [4.69, 9.17) is 4.74 Å². The average molecular weight is 616 g/mol. The Labute approximate surface area is 255 Å². The summed E-state index contributed by atoms with van der Waals surface area (Å²) in [5.41, 5.74) is -1.15. The van der Waals surface area contributed by atoms with Crippen molar-refractivity contribution >= 4 is 29.6 Å². The monoisotopic (exact) mass is 615 g/mol. The van der Waals surface area contributed by atoms with E-state index in [9.17, 15) is 39.3 Å². The molecule has 4 N–H and O–H groups in total. The highest BCUT2D eigenvalue weighted by Gasteiger charge is 2.28. The van der Waals surface area contributed by atoms with E-state index in [2.05, 4.69) is 5.32 Å². The van der Waals surface area contributed by atoms with Gasteiger partial charge < -0.3 is 25.4 Å². The number of nitrogens with zero attached hydrogens (tertiary/aromatic N) is 4. The molecular formula is C29H53N5O9. The molecule has 1 rings (SSSR count). The molecule has 1 atom stereocenters. The van der Waals surface area contributed by atoms with E-state index >= 15 is 0 Å². The predicted octanol–water partition coefficient (Wildman–Crippen LogP) is 0.301. The number of hydrogen-bond acceptors (Lipinski definition) is 10. The van der Waals surface area contributed by atoms with Gasteiger partial charge in [0.25, 0.3) is 0 Å². The third-order valence-electron chi connectivity index (χ3n) is 7.76. The zero-order valence-electron chi connectivity index (χ0n) is 26.6. The molecule has 0 radical (unpaired) electrons. The molecule has 14 heteroatoms. The van der Waals surface area contributed by atoms with Crippen molar-refractivity contribution in [2.45, 2.75) is 71.4 Å². The SMILES string of the molecule is CCC(=O)CC(C)(C)OCCC(C)(CC)NC(=O)CN1CCN(CC(=O)O)CCN(CC(=O)O)CCN(CC(=O)O)CC1. The molecule has 248 valence electrons. The Bertz CT molecular complexity index is 900. The van der Waals surface area contributed by atoms with E-state index < -0.39 is 29.0 Å². The Morgan fingerprint density at radius 1 is 0.674 bits per heavy atom. The Morgan fingerprint density at radius 3 is 1.37 bits per heavy atom. The molecule has 0 aliphatic carbocycles. The first-order valence-electron chi connectivity index (χ1n) is 15.1. The molecule has 1 fully saturated rings. The lowest BCUT2D eigenvalue weighted by Gasteiger charge is -2.35. The van der Waals surface area contributed by atoms with Gasteiger partial charge in [-0.3, -0.25) is 43.6 Å². The van der Waals surface area contributed by atoms with Gasteiger partial charge in [0.2, 0.25) is 5.91 Å². The van der Waals surface area contributed by atoms with Crippen LogP contribution in [0.4, 0.5) is 0 Å². The highest BCUT2D eigenvalue weighted by Crippen LogP contribution is 2.20. The smallest absolute Gasteiger partial charge is 0.317 e. The van der Waals surface area contributed by atoms with Gasteiger partial charge in [-0.2, -0.15) is 0 Å². The Hall–Kier alpha value is -2.65. The lowest BCUT2D eigenvalue weighted by molar-refractivity contribution is -0.140. The standard InChI is InChI=1S/C29H53N5O9/c1-6-23(35)18-28(3,4)43-17-8-29(5,7-2)30-24(36)19-31-9-11-32(20-25(37)38)13-15-34(22-27(41)42)16-14-33(12-10-31)21-26(39)40/h6-22H2,1-5H3,(H,30,36)(H,37,38)(H,39,40)(H,41,42). The largest absolute Gasteiger partial charge is 0.480 e. The number of carboxylic acids is 3. The molecule has 0 saturated carbocycles. The fraction of sp³-hybridized carbons (Fsp3) is 0.828. The van der Waals surface area contributed by atoms with Crippen molar-refractivity contribution in [1.29, 1.82) is 0 Å². The van der Waals surface area contributed by atoms with Gasteiger partial charge in [-0.05, 0) is 33.6 Å². The minimum Gasteiger partial charge on any atom is -0.480 e. The van der Waals surface area contributed by atoms with Crippen molar-refractivity contribution in [3.63, 3.8) is 0 Å². The molecule has 14 nitrogen and oxygen atoms in total. The van der Waals surface area contributed by atoms with Crippen molar-refractivity contribution in [2.75, 3.05) is 85.1 Å². The van der Waals surface area contributed by atoms with Gasteiger partial charge >= 0.3 is 17.9 Å². The molecular weight excluding hydrogens is 562 g/mol. The van der Waals surface area contributed by atoms with Crippen molar-refractivity contribution in [3.05, 3.63) is 0 Å². The number of aliphatic carboxylic acids is 3. The predicted molar refractivity (Wildman–Crippen MR) is 160 cm³/mol. The van der Waals surface area contributed by atoms with Crippen LogP contribution < -0.4 is 5.32 Å². The highest BCUT2D eigenvalue weighted by atomic mass is 16.5. The van der Waals surface area contributed by atoms with Crippen molar-refractivity contribution < 1.29 is 44.0 Å². The molecule has 1 aliphatic rings. The van der Waals surface area contributed by atoms with Crippen LogP contribution in [0.15, 0.2) is 0 Å². The lowest BCUT2D eigenvalue weighted by atomic mass is 9.94. The number of hydrogen-bond donors (Lipinski definition) is 4. The molecule has 0 aromatic carbocycles. The van der Waals surface area contributed by atoms with Gasteiger partial charge in [-0.1, -0.05) is 13.8 Å². The van der Waals surface area contributed by atoms with E-state index in [1.165, 1.54) is 0 Å². The summed E-state index contributed by atoms with van der Waals surface area (Å²) in [6.07, 6.45) is 1.98. The second-order valence-corrected chi connectivity index (χ2v) is 12.2.